The molecule has 0 saturated carbocycles. The van der Waals surface area contributed by atoms with Gasteiger partial charge in [-0.2, -0.15) is 0 Å². The Labute approximate surface area is 117 Å². The fourth-order valence-electron chi connectivity index (χ4n) is 1.33. The number of benzene rings is 1. The van der Waals surface area contributed by atoms with Gasteiger partial charge in [0.05, 0.1) is 12.4 Å². The largest absolute Gasteiger partial charge is 0.384 e. The molecule has 1 rings (SSSR count). The topological polar surface area (TPSA) is 55.4 Å². The normalized spacial score (nSPS) is 11.7. The summed E-state index contributed by atoms with van der Waals surface area (Å²) in [6.07, 6.45) is 0.516. The SMILES string of the molecule is COCCS(=O)(=O)NCCc1ccc(Cl)cc1Cl. The van der Waals surface area contributed by atoms with Crippen molar-refractivity contribution in [2.75, 3.05) is 26.0 Å². The van der Waals surface area contributed by atoms with Crippen LogP contribution in [0.2, 0.25) is 10.0 Å². The van der Waals surface area contributed by atoms with E-state index in [1.54, 1.807) is 18.2 Å². The van der Waals surface area contributed by atoms with Crippen molar-refractivity contribution >= 4 is 33.2 Å². The summed E-state index contributed by atoms with van der Waals surface area (Å²) >= 11 is 11.8. The summed E-state index contributed by atoms with van der Waals surface area (Å²) in [5, 5.41) is 1.10. The summed E-state index contributed by atoms with van der Waals surface area (Å²) < 4.78 is 30.2. The lowest BCUT2D eigenvalue weighted by molar-refractivity contribution is 0.217. The zero-order valence-electron chi connectivity index (χ0n) is 9.95. The molecule has 0 saturated heterocycles. The van der Waals surface area contributed by atoms with Gasteiger partial charge in [-0.05, 0) is 24.1 Å². The molecule has 0 aliphatic rings. The third kappa shape index (κ3) is 5.54. The number of nitrogens with one attached hydrogen (secondary N) is 1. The van der Waals surface area contributed by atoms with Crippen LogP contribution in [0.25, 0.3) is 0 Å². The average molecular weight is 312 g/mol. The molecule has 0 bridgehead atoms. The van der Waals surface area contributed by atoms with Crippen LogP contribution in [-0.4, -0.2) is 34.4 Å². The maximum Gasteiger partial charge on any atom is 0.213 e. The first-order valence-corrected chi connectivity index (χ1v) is 7.75. The molecule has 18 heavy (non-hydrogen) atoms. The number of hydrogen-bond acceptors (Lipinski definition) is 3. The van der Waals surface area contributed by atoms with Crippen LogP contribution in [0.3, 0.4) is 0 Å². The van der Waals surface area contributed by atoms with E-state index in [1.165, 1.54) is 7.11 Å². The van der Waals surface area contributed by atoms with Crippen LogP contribution in [0.15, 0.2) is 18.2 Å². The molecule has 1 aromatic carbocycles. The summed E-state index contributed by atoms with van der Waals surface area (Å²) in [5.41, 5.74) is 0.857. The fourth-order valence-corrected chi connectivity index (χ4v) is 2.78. The highest BCUT2D eigenvalue weighted by Crippen LogP contribution is 2.21. The minimum atomic E-state index is -3.28. The molecule has 102 valence electrons. The predicted octanol–water partition coefficient (Wildman–Crippen LogP) is 2.10. The van der Waals surface area contributed by atoms with E-state index in [-0.39, 0.29) is 12.4 Å². The second-order valence-electron chi connectivity index (χ2n) is 3.69. The minimum absolute atomic E-state index is 0.0438. The van der Waals surface area contributed by atoms with Crippen LogP contribution in [0, 0.1) is 0 Å². The number of methoxy groups -OCH3 is 1. The highest BCUT2D eigenvalue weighted by atomic mass is 35.5. The van der Waals surface area contributed by atoms with Crippen molar-refractivity contribution in [3.63, 3.8) is 0 Å². The Bertz CT molecular complexity index is 491. The molecule has 0 spiro atoms. The van der Waals surface area contributed by atoms with E-state index in [2.05, 4.69) is 4.72 Å². The molecule has 0 aromatic heterocycles. The van der Waals surface area contributed by atoms with Gasteiger partial charge < -0.3 is 4.74 Å². The summed E-state index contributed by atoms with van der Waals surface area (Å²) in [6.45, 7) is 0.477. The third-order valence-corrected chi connectivity index (χ3v) is 4.22. The number of sulfonamides is 1. The minimum Gasteiger partial charge on any atom is -0.384 e. The molecular formula is C11H15Cl2NO3S. The number of hydrogen-bond donors (Lipinski definition) is 1. The maximum absolute atomic E-state index is 11.5. The molecule has 0 aliphatic heterocycles. The van der Waals surface area contributed by atoms with Crippen molar-refractivity contribution in [2.24, 2.45) is 0 Å². The summed E-state index contributed by atoms with van der Waals surface area (Å²) in [6, 6.07) is 5.15. The zero-order chi connectivity index (χ0) is 13.6. The first-order chi connectivity index (χ1) is 8.44. The van der Waals surface area contributed by atoms with Gasteiger partial charge in [0, 0.05) is 23.7 Å². The van der Waals surface area contributed by atoms with Gasteiger partial charge in [0.2, 0.25) is 10.0 Å². The van der Waals surface area contributed by atoms with Crippen molar-refractivity contribution in [3.8, 4) is 0 Å². The van der Waals surface area contributed by atoms with Crippen molar-refractivity contribution in [1.82, 2.24) is 4.72 Å². The highest BCUT2D eigenvalue weighted by molar-refractivity contribution is 7.89. The van der Waals surface area contributed by atoms with Crippen LogP contribution in [0.1, 0.15) is 5.56 Å². The molecule has 1 N–H and O–H groups in total. The molecule has 1 aromatic rings. The van der Waals surface area contributed by atoms with E-state index in [9.17, 15) is 8.42 Å². The monoisotopic (exact) mass is 311 g/mol. The summed E-state index contributed by atoms with van der Waals surface area (Å²) in [7, 11) is -1.82. The Kier molecular flexibility index (Phi) is 6.38. The van der Waals surface area contributed by atoms with E-state index >= 15 is 0 Å². The molecule has 0 fully saturated rings. The molecule has 7 heteroatoms. The van der Waals surface area contributed by atoms with Gasteiger partial charge in [0.25, 0.3) is 0 Å². The Balaban J connectivity index is 2.46. The third-order valence-electron chi connectivity index (χ3n) is 2.29. The van der Waals surface area contributed by atoms with Crippen molar-refractivity contribution in [2.45, 2.75) is 6.42 Å². The number of rotatable bonds is 7. The first-order valence-electron chi connectivity index (χ1n) is 5.35. The Morgan fingerprint density at radius 3 is 2.67 bits per heavy atom. The molecule has 0 aliphatic carbocycles. The van der Waals surface area contributed by atoms with E-state index in [0.29, 0.717) is 23.0 Å². The van der Waals surface area contributed by atoms with Gasteiger partial charge in [-0.15, -0.1) is 0 Å². The Morgan fingerprint density at radius 2 is 2.06 bits per heavy atom. The molecular weight excluding hydrogens is 297 g/mol. The van der Waals surface area contributed by atoms with Crippen molar-refractivity contribution < 1.29 is 13.2 Å². The molecule has 0 radical (unpaired) electrons. The van der Waals surface area contributed by atoms with E-state index in [1.807, 2.05) is 0 Å². The second-order valence-corrected chi connectivity index (χ2v) is 6.46. The van der Waals surface area contributed by atoms with Crippen LogP contribution >= 0.6 is 23.2 Å². The van der Waals surface area contributed by atoms with Crippen LogP contribution in [0.4, 0.5) is 0 Å². The molecule has 0 unspecified atom stereocenters. The Hall–Kier alpha value is -0.330. The Morgan fingerprint density at radius 1 is 1.33 bits per heavy atom. The zero-order valence-corrected chi connectivity index (χ0v) is 12.3. The van der Waals surface area contributed by atoms with Gasteiger partial charge >= 0.3 is 0 Å². The lowest BCUT2D eigenvalue weighted by atomic mass is 10.1. The lowest BCUT2D eigenvalue weighted by Crippen LogP contribution is -2.30. The van der Waals surface area contributed by atoms with Crippen LogP contribution < -0.4 is 4.72 Å². The van der Waals surface area contributed by atoms with Crippen LogP contribution in [0.5, 0.6) is 0 Å². The quantitative estimate of drug-likeness (QED) is 0.839. The second kappa shape index (κ2) is 7.31. The van der Waals surface area contributed by atoms with Gasteiger partial charge in [0.1, 0.15) is 0 Å². The maximum atomic E-state index is 11.5. The standard InChI is InChI=1S/C11H15Cl2NO3S/c1-17-6-7-18(15,16)14-5-4-9-2-3-10(12)8-11(9)13/h2-3,8,14H,4-7H2,1H3. The van der Waals surface area contributed by atoms with Gasteiger partial charge in [-0.1, -0.05) is 29.3 Å². The predicted molar refractivity (Wildman–Crippen MR) is 73.8 cm³/mol. The molecule has 0 heterocycles. The first kappa shape index (κ1) is 15.7. The van der Waals surface area contributed by atoms with E-state index in [0.717, 1.165) is 5.56 Å². The fraction of sp³-hybridized carbons (Fsp3) is 0.455. The highest BCUT2D eigenvalue weighted by Gasteiger charge is 2.09. The lowest BCUT2D eigenvalue weighted by Gasteiger charge is -2.07. The summed E-state index contributed by atoms with van der Waals surface area (Å²) in [4.78, 5) is 0. The number of ether oxygens (including phenoxy) is 1. The van der Waals surface area contributed by atoms with E-state index in [4.69, 9.17) is 27.9 Å². The smallest absolute Gasteiger partial charge is 0.213 e. The molecule has 0 atom stereocenters. The average Bonchev–Trinajstić information content (AvgIpc) is 2.29. The van der Waals surface area contributed by atoms with Crippen molar-refractivity contribution in [1.29, 1.82) is 0 Å². The van der Waals surface area contributed by atoms with Gasteiger partial charge in [-0.25, -0.2) is 13.1 Å². The van der Waals surface area contributed by atoms with Gasteiger partial charge in [0.15, 0.2) is 0 Å². The number of halogens is 2. The van der Waals surface area contributed by atoms with Crippen molar-refractivity contribution in [3.05, 3.63) is 33.8 Å². The van der Waals surface area contributed by atoms with E-state index < -0.39 is 10.0 Å². The van der Waals surface area contributed by atoms with Gasteiger partial charge in [-0.3, -0.25) is 0 Å². The van der Waals surface area contributed by atoms with Crippen LogP contribution in [-0.2, 0) is 21.2 Å². The molecule has 0 amide bonds. The summed E-state index contributed by atoms with van der Waals surface area (Å²) in [5.74, 6) is -0.0438. The molecule has 4 nitrogen and oxygen atoms in total.